The SMILES string of the molecule is CCCCCCCOP(=O)(OCl)OCl. The maximum atomic E-state index is 11.1. The molecule has 0 radical (unpaired) electrons. The standard InChI is InChI=1S/C7H15Cl2O4P/c1-2-3-4-5-6-7-11-14(10,12-8)13-9/h2-7H2,1H3. The molecule has 0 rings (SSSR count). The lowest BCUT2D eigenvalue weighted by Crippen LogP contribution is -1.93. The van der Waals surface area contributed by atoms with Gasteiger partial charge in [0.1, 0.15) is 0 Å². The third kappa shape index (κ3) is 7.04. The van der Waals surface area contributed by atoms with Crippen molar-refractivity contribution >= 4 is 31.6 Å². The highest BCUT2D eigenvalue weighted by Crippen LogP contribution is 2.51. The van der Waals surface area contributed by atoms with E-state index < -0.39 is 7.82 Å². The number of hydrogen-bond donors (Lipinski definition) is 0. The summed E-state index contributed by atoms with van der Waals surface area (Å²) >= 11 is 9.75. The molecule has 0 aromatic heterocycles. The summed E-state index contributed by atoms with van der Waals surface area (Å²) < 4.78 is 23.8. The van der Waals surface area contributed by atoms with Crippen molar-refractivity contribution in [2.75, 3.05) is 6.61 Å². The van der Waals surface area contributed by atoms with Crippen molar-refractivity contribution in [1.82, 2.24) is 0 Å². The van der Waals surface area contributed by atoms with Crippen LogP contribution < -0.4 is 0 Å². The first kappa shape index (κ1) is 14.7. The second-order valence-corrected chi connectivity index (χ2v) is 5.09. The highest BCUT2D eigenvalue weighted by molar-refractivity contribution is 7.50. The summed E-state index contributed by atoms with van der Waals surface area (Å²) in [4.78, 5) is 0. The number of hydrogen-bond acceptors (Lipinski definition) is 4. The number of phosphoric acid groups is 1. The van der Waals surface area contributed by atoms with Crippen molar-refractivity contribution in [3.8, 4) is 0 Å². The second kappa shape index (κ2) is 8.96. The van der Waals surface area contributed by atoms with E-state index in [-0.39, 0.29) is 6.61 Å². The summed E-state index contributed by atoms with van der Waals surface area (Å²) in [6.07, 6.45) is 5.29. The van der Waals surface area contributed by atoms with Crippen LogP contribution in [0, 0.1) is 0 Å². The van der Waals surface area contributed by atoms with E-state index in [1.165, 1.54) is 12.8 Å². The molecular formula is C7H15Cl2O4P. The molecule has 0 atom stereocenters. The molecule has 0 fully saturated rings. The topological polar surface area (TPSA) is 44.8 Å². The summed E-state index contributed by atoms with van der Waals surface area (Å²) in [5, 5.41) is 0. The molecule has 4 nitrogen and oxygen atoms in total. The van der Waals surface area contributed by atoms with Gasteiger partial charge < -0.3 is 0 Å². The van der Waals surface area contributed by atoms with Gasteiger partial charge in [-0.25, -0.2) is 4.57 Å². The van der Waals surface area contributed by atoms with Gasteiger partial charge in [0.25, 0.3) is 0 Å². The van der Waals surface area contributed by atoms with E-state index in [0.29, 0.717) is 0 Å². The zero-order chi connectivity index (χ0) is 10.9. The van der Waals surface area contributed by atoms with Crippen LogP contribution in [-0.4, -0.2) is 6.61 Å². The van der Waals surface area contributed by atoms with E-state index in [9.17, 15) is 4.57 Å². The molecule has 0 aromatic rings. The van der Waals surface area contributed by atoms with Crippen LogP contribution in [0.2, 0.25) is 0 Å². The van der Waals surface area contributed by atoms with Crippen LogP contribution >= 0.6 is 31.6 Å². The molecule has 7 heteroatoms. The van der Waals surface area contributed by atoms with Crippen molar-refractivity contribution in [3.63, 3.8) is 0 Å². The molecule has 0 spiro atoms. The lowest BCUT2D eigenvalue weighted by Gasteiger charge is -2.08. The molecule has 0 unspecified atom stereocenters. The minimum Gasteiger partial charge on any atom is -0.285 e. The fourth-order valence-corrected chi connectivity index (χ4v) is 1.88. The summed E-state index contributed by atoms with van der Waals surface area (Å²) in [6, 6.07) is 0. The Hall–Kier alpha value is 0.690. The Balaban J connectivity index is 3.39. The Bertz CT molecular complexity index is 171. The van der Waals surface area contributed by atoms with Crippen molar-refractivity contribution in [2.45, 2.75) is 39.0 Å². The van der Waals surface area contributed by atoms with Crippen LogP contribution in [0.15, 0.2) is 0 Å². The fraction of sp³-hybridized carbons (Fsp3) is 1.00. The Kier molecular flexibility index (Phi) is 9.40. The quantitative estimate of drug-likeness (QED) is 0.457. The first-order valence-electron chi connectivity index (χ1n) is 4.53. The third-order valence-electron chi connectivity index (χ3n) is 1.67. The Morgan fingerprint density at radius 1 is 1.07 bits per heavy atom. The predicted molar refractivity (Wildman–Crippen MR) is 56.2 cm³/mol. The molecule has 0 amide bonds. The smallest absolute Gasteiger partial charge is 0.285 e. The van der Waals surface area contributed by atoms with Gasteiger partial charge in [-0.3, -0.25) is 4.52 Å². The zero-order valence-corrected chi connectivity index (χ0v) is 10.5. The second-order valence-electron chi connectivity index (χ2n) is 2.83. The van der Waals surface area contributed by atoms with Crippen LogP contribution in [-0.2, 0) is 17.2 Å². The molecule has 0 N–H and O–H groups in total. The largest absolute Gasteiger partial charge is 0.507 e. The van der Waals surface area contributed by atoms with E-state index in [1.807, 2.05) is 0 Å². The lowest BCUT2D eigenvalue weighted by atomic mass is 10.2. The van der Waals surface area contributed by atoms with Crippen molar-refractivity contribution in [1.29, 1.82) is 0 Å². The van der Waals surface area contributed by atoms with Gasteiger partial charge in [0, 0.05) is 0 Å². The molecule has 86 valence electrons. The van der Waals surface area contributed by atoms with Crippen LogP contribution in [0.4, 0.5) is 0 Å². The summed E-state index contributed by atoms with van der Waals surface area (Å²) in [7, 11) is -3.71. The van der Waals surface area contributed by atoms with E-state index in [2.05, 4.69) is 15.1 Å². The molecule has 14 heavy (non-hydrogen) atoms. The van der Waals surface area contributed by atoms with E-state index >= 15 is 0 Å². The Morgan fingerprint density at radius 3 is 2.14 bits per heavy atom. The van der Waals surface area contributed by atoms with Gasteiger partial charge in [0.15, 0.2) is 0 Å². The van der Waals surface area contributed by atoms with Gasteiger partial charge in [0.2, 0.25) is 0 Å². The van der Waals surface area contributed by atoms with E-state index in [1.54, 1.807) is 0 Å². The highest BCUT2D eigenvalue weighted by Gasteiger charge is 2.26. The first-order chi connectivity index (χ1) is 6.68. The molecule has 0 bridgehead atoms. The summed E-state index contributed by atoms with van der Waals surface area (Å²) in [6.45, 7) is 2.40. The van der Waals surface area contributed by atoms with E-state index in [4.69, 9.17) is 28.3 Å². The van der Waals surface area contributed by atoms with Crippen LogP contribution in [0.25, 0.3) is 0 Å². The summed E-state index contributed by atoms with van der Waals surface area (Å²) in [5.74, 6) is 0. The first-order valence-corrected chi connectivity index (χ1v) is 6.61. The number of unbranched alkanes of at least 4 members (excludes halogenated alkanes) is 4. The van der Waals surface area contributed by atoms with Gasteiger partial charge in [-0.1, -0.05) is 32.6 Å². The minimum absolute atomic E-state index is 0.264. The van der Waals surface area contributed by atoms with Gasteiger partial charge in [-0.15, -0.1) is 0 Å². The van der Waals surface area contributed by atoms with Crippen molar-refractivity contribution in [2.24, 2.45) is 0 Å². The lowest BCUT2D eigenvalue weighted by molar-refractivity contribution is 0.214. The molecule has 0 saturated heterocycles. The summed E-state index contributed by atoms with van der Waals surface area (Å²) in [5.41, 5.74) is 0. The van der Waals surface area contributed by atoms with Gasteiger partial charge in [0.05, 0.1) is 30.3 Å². The van der Waals surface area contributed by atoms with E-state index in [0.717, 1.165) is 19.3 Å². The third-order valence-corrected chi connectivity index (χ3v) is 3.52. The molecule has 0 heterocycles. The van der Waals surface area contributed by atoms with Crippen molar-refractivity contribution in [3.05, 3.63) is 0 Å². The molecule has 0 aromatic carbocycles. The predicted octanol–water partition coefficient (Wildman–Crippen LogP) is 4.42. The monoisotopic (exact) mass is 264 g/mol. The van der Waals surface area contributed by atoms with Gasteiger partial charge in [-0.2, -0.15) is 8.15 Å². The van der Waals surface area contributed by atoms with Gasteiger partial charge in [-0.05, 0) is 6.42 Å². The minimum atomic E-state index is -3.71. The molecule has 0 saturated carbocycles. The Morgan fingerprint density at radius 2 is 1.64 bits per heavy atom. The average molecular weight is 265 g/mol. The maximum Gasteiger partial charge on any atom is 0.507 e. The molecule has 0 aliphatic heterocycles. The number of halogens is 2. The molecular weight excluding hydrogens is 250 g/mol. The van der Waals surface area contributed by atoms with Crippen LogP contribution in [0.3, 0.4) is 0 Å². The van der Waals surface area contributed by atoms with Crippen LogP contribution in [0.1, 0.15) is 39.0 Å². The van der Waals surface area contributed by atoms with Crippen molar-refractivity contribution < 1.29 is 17.2 Å². The Labute approximate surface area is 94.8 Å². The molecule has 0 aliphatic carbocycles. The highest BCUT2D eigenvalue weighted by atomic mass is 35.5. The normalized spacial score (nSPS) is 11.9. The average Bonchev–Trinajstić information content (AvgIpc) is 2.23. The fourth-order valence-electron chi connectivity index (χ4n) is 0.932. The van der Waals surface area contributed by atoms with Crippen LogP contribution in [0.5, 0.6) is 0 Å². The van der Waals surface area contributed by atoms with Gasteiger partial charge >= 0.3 is 7.82 Å². The maximum absolute atomic E-state index is 11.1. The number of rotatable bonds is 9. The zero-order valence-electron chi connectivity index (χ0n) is 8.08. The molecule has 0 aliphatic rings.